The molecule has 0 aliphatic carbocycles. The zero-order valence-corrected chi connectivity index (χ0v) is 13.6. The monoisotopic (exact) mass is 298 g/mol. The molecule has 2 rings (SSSR count). The number of fused-ring (bicyclic) bond motifs is 1. The van der Waals surface area contributed by atoms with Crippen molar-refractivity contribution in [3.05, 3.63) is 42.5 Å². The molecule has 0 aliphatic heterocycles. The molecule has 1 atom stereocenters. The molecule has 3 heteroatoms. The minimum atomic E-state index is -0.119. The first-order valence-corrected chi connectivity index (χ1v) is 8.27. The van der Waals surface area contributed by atoms with Crippen molar-refractivity contribution in [3.63, 3.8) is 0 Å². The van der Waals surface area contributed by atoms with Crippen LogP contribution in [0.2, 0.25) is 0 Å². The maximum Gasteiger partial charge on any atom is 0.319 e. The summed E-state index contributed by atoms with van der Waals surface area (Å²) in [5.74, 6) is 0.568. The van der Waals surface area contributed by atoms with E-state index in [1.807, 2.05) is 30.3 Å². The summed E-state index contributed by atoms with van der Waals surface area (Å²) in [6.45, 7) is 5.13. The van der Waals surface area contributed by atoms with E-state index in [9.17, 15) is 4.79 Å². The van der Waals surface area contributed by atoms with Crippen LogP contribution in [0, 0.1) is 5.92 Å². The number of carbonyl (C=O) groups is 1. The molecule has 118 valence electrons. The highest BCUT2D eigenvalue weighted by Crippen LogP contribution is 2.22. The smallest absolute Gasteiger partial charge is 0.319 e. The van der Waals surface area contributed by atoms with Gasteiger partial charge in [-0.2, -0.15) is 0 Å². The molecule has 0 heterocycles. The Balaban J connectivity index is 1.93. The maximum atomic E-state index is 12.1. The zero-order valence-electron chi connectivity index (χ0n) is 13.6. The Bertz CT molecular complexity index is 604. The first-order valence-electron chi connectivity index (χ1n) is 8.27. The summed E-state index contributed by atoms with van der Waals surface area (Å²) in [6.07, 6.45) is 4.72. The average Bonchev–Trinajstić information content (AvgIpc) is 2.55. The third-order valence-corrected chi connectivity index (χ3v) is 4.13. The third-order valence-electron chi connectivity index (χ3n) is 4.13. The van der Waals surface area contributed by atoms with Gasteiger partial charge in [0.25, 0.3) is 0 Å². The third kappa shape index (κ3) is 4.48. The fraction of sp³-hybridized carbons (Fsp3) is 0.421. The lowest BCUT2D eigenvalue weighted by atomic mass is 9.99. The van der Waals surface area contributed by atoms with Crippen LogP contribution in [0.4, 0.5) is 10.5 Å². The summed E-state index contributed by atoms with van der Waals surface area (Å²) >= 11 is 0. The lowest BCUT2D eigenvalue weighted by molar-refractivity contribution is 0.249. The molecule has 2 N–H and O–H groups in total. The lowest BCUT2D eigenvalue weighted by Gasteiger charge is -2.16. The normalized spacial score (nSPS) is 12.1. The molecule has 0 aromatic heterocycles. The van der Waals surface area contributed by atoms with Crippen LogP contribution in [-0.2, 0) is 0 Å². The molecule has 22 heavy (non-hydrogen) atoms. The molecule has 2 amide bonds. The largest absolute Gasteiger partial charge is 0.338 e. The second-order valence-electron chi connectivity index (χ2n) is 5.78. The molecule has 0 saturated carbocycles. The van der Waals surface area contributed by atoms with Crippen LogP contribution in [0.15, 0.2) is 42.5 Å². The standard InChI is InChI=1S/C19H26N2O/c1-3-5-9-15(4-2)14-20-19(22)21-18-13-8-11-16-10-6-7-12-17(16)18/h6-8,10-13,15H,3-5,9,14H2,1-2H3,(H2,20,21,22). The molecule has 1 unspecified atom stereocenters. The van der Waals surface area contributed by atoms with Gasteiger partial charge in [-0.3, -0.25) is 0 Å². The minimum absolute atomic E-state index is 0.119. The second-order valence-corrected chi connectivity index (χ2v) is 5.78. The van der Waals surface area contributed by atoms with Crippen molar-refractivity contribution in [2.45, 2.75) is 39.5 Å². The summed E-state index contributed by atoms with van der Waals surface area (Å²) < 4.78 is 0. The Morgan fingerprint density at radius 2 is 1.86 bits per heavy atom. The van der Waals surface area contributed by atoms with Gasteiger partial charge in [0.2, 0.25) is 0 Å². The Hall–Kier alpha value is -2.03. The number of rotatable bonds is 7. The van der Waals surface area contributed by atoms with E-state index in [1.165, 1.54) is 19.3 Å². The molecule has 0 bridgehead atoms. The van der Waals surface area contributed by atoms with Gasteiger partial charge in [0, 0.05) is 11.9 Å². The Kier molecular flexibility index (Phi) is 6.26. The van der Waals surface area contributed by atoms with E-state index in [2.05, 4.69) is 36.6 Å². The summed E-state index contributed by atoms with van der Waals surface area (Å²) in [5, 5.41) is 8.18. The highest BCUT2D eigenvalue weighted by Gasteiger charge is 2.09. The molecular formula is C19H26N2O. The van der Waals surface area contributed by atoms with E-state index in [0.717, 1.165) is 29.4 Å². The Morgan fingerprint density at radius 1 is 1.09 bits per heavy atom. The van der Waals surface area contributed by atoms with Crippen LogP contribution in [0.3, 0.4) is 0 Å². The van der Waals surface area contributed by atoms with Crippen LogP contribution in [0.25, 0.3) is 10.8 Å². The number of nitrogens with one attached hydrogen (secondary N) is 2. The van der Waals surface area contributed by atoms with Crippen LogP contribution in [-0.4, -0.2) is 12.6 Å². The van der Waals surface area contributed by atoms with E-state index in [0.29, 0.717) is 5.92 Å². The van der Waals surface area contributed by atoms with Crippen molar-refractivity contribution >= 4 is 22.5 Å². The molecule has 0 aliphatic rings. The van der Waals surface area contributed by atoms with Crippen LogP contribution in [0.5, 0.6) is 0 Å². The number of urea groups is 1. The number of hydrogen-bond donors (Lipinski definition) is 2. The van der Waals surface area contributed by atoms with Crippen LogP contribution < -0.4 is 10.6 Å². The number of hydrogen-bond acceptors (Lipinski definition) is 1. The van der Waals surface area contributed by atoms with Crippen molar-refractivity contribution in [1.82, 2.24) is 5.32 Å². The van der Waals surface area contributed by atoms with Gasteiger partial charge < -0.3 is 10.6 Å². The lowest BCUT2D eigenvalue weighted by Crippen LogP contribution is -2.33. The van der Waals surface area contributed by atoms with Crippen molar-refractivity contribution in [3.8, 4) is 0 Å². The minimum Gasteiger partial charge on any atom is -0.338 e. The van der Waals surface area contributed by atoms with Gasteiger partial charge in [-0.1, -0.05) is 69.5 Å². The second kappa shape index (κ2) is 8.42. The molecular weight excluding hydrogens is 272 g/mol. The molecule has 0 saturated heterocycles. The van der Waals surface area contributed by atoms with Crippen LogP contribution >= 0.6 is 0 Å². The first-order chi connectivity index (χ1) is 10.7. The molecule has 0 spiro atoms. The molecule has 2 aromatic carbocycles. The SMILES string of the molecule is CCCCC(CC)CNC(=O)Nc1cccc2ccccc12. The zero-order chi connectivity index (χ0) is 15.8. The van der Waals surface area contributed by atoms with Gasteiger partial charge in [-0.25, -0.2) is 4.79 Å². The molecule has 0 radical (unpaired) electrons. The molecule has 3 nitrogen and oxygen atoms in total. The van der Waals surface area contributed by atoms with E-state index in [4.69, 9.17) is 0 Å². The highest BCUT2D eigenvalue weighted by atomic mass is 16.2. The highest BCUT2D eigenvalue weighted by molar-refractivity contribution is 6.01. The van der Waals surface area contributed by atoms with E-state index < -0.39 is 0 Å². The topological polar surface area (TPSA) is 41.1 Å². The fourth-order valence-electron chi connectivity index (χ4n) is 2.68. The number of unbranched alkanes of at least 4 members (excludes halogenated alkanes) is 1. The van der Waals surface area contributed by atoms with Gasteiger partial charge >= 0.3 is 6.03 Å². The number of benzene rings is 2. The quantitative estimate of drug-likeness (QED) is 0.726. The first kappa shape index (κ1) is 16.3. The van der Waals surface area contributed by atoms with E-state index in [1.54, 1.807) is 0 Å². The average molecular weight is 298 g/mol. The number of anilines is 1. The maximum absolute atomic E-state index is 12.1. The molecule has 0 fully saturated rings. The molecule has 2 aromatic rings. The summed E-state index contributed by atoms with van der Waals surface area (Å²) in [5.41, 5.74) is 0.859. The van der Waals surface area contributed by atoms with Crippen molar-refractivity contribution in [1.29, 1.82) is 0 Å². The number of amides is 2. The van der Waals surface area contributed by atoms with Gasteiger partial charge in [-0.05, 0) is 23.8 Å². The van der Waals surface area contributed by atoms with Gasteiger partial charge in [0.05, 0.1) is 5.69 Å². The predicted molar refractivity (Wildman–Crippen MR) is 94.3 cm³/mol. The summed E-state index contributed by atoms with van der Waals surface area (Å²) in [6, 6.07) is 13.9. The number of carbonyl (C=O) groups excluding carboxylic acids is 1. The fourth-order valence-corrected chi connectivity index (χ4v) is 2.68. The van der Waals surface area contributed by atoms with Crippen molar-refractivity contribution in [2.75, 3.05) is 11.9 Å². The van der Waals surface area contributed by atoms with Crippen molar-refractivity contribution < 1.29 is 4.79 Å². The predicted octanol–water partition coefficient (Wildman–Crippen LogP) is 5.18. The van der Waals surface area contributed by atoms with Gasteiger partial charge in [-0.15, -0.1) is 0 Å². The summed E-state index contributed by atoms with van der Waals surface area (Å²) in [7, 11) is 0. The van der Waals surface area contributed by atoms with Gasteiger partial charge in [0.1, 0.15) is 0 Å². The Morgan fingerprint density at radius 3 is 2.64 bits per heavy atom. The Labute approximate surface area is 133 Å². The van der Waals surface area contributed by atoms with E-state index >= 15 is 0 Å². The van der Waals surface area contributed by atoms with E-state index in [-0.39, 0.29) is 6.03 Å². The van der Waals surface area contributed by atoms with Crippen LogP contribution in [0.1, 0.15) is 39.5 Å². The van der Waals surface area contributed by atoms with Gasteiger partial charge in [0.15, 0.2) is 0 Å². The van der Waals surface area contributed by atoms with Crippen molar-refractivity contribution in [2.24, 2.45) is 5.92 Å². The summed E-state index contributed by atoms with van der Waals surface area (Å²) in [4.78, 5) is 12.1.